The van der Waals surface area contributed by atoms with E-state index in [0.29, 0.717) is 48.1 Å². The number of nitrogens with one attached hydrogen (secondary N) is 2. The summed E-state index contributed by atoms with van der Waals surface area (Å²) in [5, 5.41) is 14.3. The molecule has 29 heavy (non-hydrogen) atoms. The highest BCUT2D eigenvalue weighted by atomic mass is 127. The molecule has 0 bridgehead atoms. The second kappa shape index (κ2) is 11.5. The molecule has 156 valence electrons. The summed E-state index contributed by atoms with van der Waals surface area (Å²) < 4.78 is 5.32. The van der Waals surface area contributed by atoms with Crippen LogP contribution in [0, 0.1) is 0 Å². The van der Waals surface area contributed by atoms with Crippen molar-refractivity contribution in [2.24, 2.45) is 4.99 Å². The second-order valence-corrected chi connectivity index (χ2v) is 7.82. The monoisotopic (exact) mass is 546 g/mol. The van der Waals surface area contributed by atoms with Crippen LogP contribution in [0.1, 0.15) is 36.4 Å². The Morgan fingerprint density at radius 2 is 1.97 bits per heavy atom. The van der Waals surface area contributed by atoms with Crippen LogP contribution in [0.25, 0.3) is 11.4 Å². The Labute approximate surface area is 196 Å². The third kappa shape index (κ3) is 6.93. The van der Waals surface area contributed by atoms with Crippen LogP contribution in [0.2, 0.25) is 5.02 Å². The lowest BCUT2D eigenvalue weighted by Crippen LogP contribution is -2.37. The standard InChI is InChI=1S/C19H23ClN6OS.HI/c1-12(2)15-11-28-17(24-15)10-23-19(21-3)22-9-8-16-25-18(26-27-16)13-4-6-14(20)7-5-13;/h4-7,11-12H,8-10H2,1-3H3,(H2,21,22,23);1H. The molecular weight excluding hydrogens is 523 g/mol. The zero-order chi connectivity index (χ0) is 19.9. The van der Waals surface area contributed by atoms with E-state index in [1.54, 1.807) is 30.5 Å². The van der Waals surface area contributed by atoms with Gasteiger partial charge in [-0.25, -0.2) is 4.98 Å². The highest BCUT2D eigenvalue weighted by Gasteiger charge is 2.09. The van der Waals surface area contributed by atoms with Gasteiger partial charge in [0.2, 0.25) is 11.7 Å². The molecule has 1 aromatic carbocycles. The molecule has 0 atom stereocenters. The molecule has 7 nitrogen and oxygen atoms in total. The predicted molar refractivity (Wildman–Crippen MR) is 128 cm³/mol. The van der Waals surface area contributed by atoms with Crippen molar-refractivity contribution < 1.29 is 4.52 Å². The van der Waals surface area contributed by atoms with Gasteiger partial charge >= 0.3 is 0 Å². The Morgan fingerprint density at radius 3 is 2.62 bits per heavy atom. The van der Waals surface area contributed by atoms with E-state index >= 15 is 0 Å². The van der Waals surface area contributed by atoms with Crippen LogP contribution in [0.3, 0.4) is 0 Å². The van der Waals surface area contributed by atoms with Crippen molar-refractivity contribution in [3.63, 3.8) is 0 Å². The van der Waals surface area contributed by atoms with Gasteiger partial charge in [-0.3, -0.25) is 4.99 Å². The van der Waals surface area contributed by atoms with E-state index in [4.69, 9.17) is 16.1 Å². The van der Waals surface area contributed by atoms with Crippen molar-refractivity contribution in [3.05, 3.63) is 51.3 Å². The fraction of sp³-hybridized carbons (Fsp3) is 0.368. The SMILES string of the molecule is CN=C(NCCc1nc(-c2ccc(Cl)cc2)no1)NCc1nc(C(C)C)cs1.I. The van der Waals surface area contributed by atoms with Crippen LogP contribution < -0.4 is 10.6 Å². The lowest BCUT2D eigenvalue weighted by molar-refractivity contribution is 0.378. The lowest BCUT2D eigenvalue weighted by Gasteiger charge is -2.09. The molecule has 0 saturated heterocycles. The number of aliphatic imine (C=N–C) groups is 1. The molecule has 0 unspecified atom stereocenters. The van der Waals surface area contributed by atoms with Gasteiger partial charge < -0.3 is 15.2 Å². The summed E-state index contributed by atoms with van der Waals surface area (Å²) in [4.78, 5) is 13.3. The topological polar surface area (TPSA) is 88.2 Å². The van der Waals surface area contributed by atoms with Crippen LogP contribution >= 0.6 is 46.9 Å². The zero-order valence-corrected chi connectivity index (χ0v) is 20.4. The fourth-order valence-corrected chi connectivity index (χ4v) is 3.43. The van der Waals surface area contributed by atoms with E-state index in [2.05, 4.69) is 50.0 Å². The minimum Gasteiger partial charge on any atom is -0.356 e. The Morgan fingerprint density at radius 1 is 1.21 bits per heavy atom. The van der Waals surface area contributed by atoms with Gasteiger partial charge in [0.1, 0.15) is 5.01 Å². The van der Waals surface area contributed by atoms with Gasteiger partial charge in [0.15, 0.2) is 5.96 Å². The van der Waals surface area contributed by atoms with Gasteiger partial charge in [-0.1, -0.05) is 30.6 Å². The van der Waals surface area contributed by atoms with Gasteiger partial charge in [-0.15, -0.1) is 35.3 Å². The Balaban J connectivity index is 0.00000300. The zero-order valence-electron chi connectivity index (χ0n) is 16.5. The van der Waals surface area contributed by atoms with Gasteiger partial charge in [0.05, 0.1) is 12.2 Å². The number of benzene rings is 1. The number of hydrogen-bond acceptors (Lipinski definition) is 6. The minimum absolute atomic E-state index is 0. The first-order valence-electron chi connectivity index (χ1n) is 9.02. The van der Waals surface area contributed by atoms with Crippen LogP contribution in [-0.4, -0.2) is 34.7 Å². The van der Waals surface area contributed by atoms with Crippen LogP contribution in [0.5, 0.6) is 0 Å². The third-order valence-corrected chi connectivity index (χ3v) is 5.11. The first kappa shape index (κ1) is 23.6. The quantitative estimate of drug-likeness (QED) is 0.258. The number of hydrogen-bond donors (Lipinski definition) is 2. The normalized spacial score (nSPS) is 11.4. The number of thiazole rings is 1. The second-order valence-electron chi connectivity index (χ2n) is 6.44. The molecule has 0 radical (unpaired) electrons. The van der Waals surface area contributed by atoms with Crippen molar-refractivity contribution in [2.75, 3.05) is 13.6 Å². The highest BCUT2D eigenvalue weighted by molar-refractivity contribution is 14.0. The molecule has 0 aliphatic heterocycles. The Bertz CT molecular complexity index is 925. The molecule has 0 aliphatic carbocycles. The summed E-state index contributed by atoms with van der Waals surface area (Å²) in [7, 11) is 1.74. The van der Waals surface area contributed by atoms with E-state index in [1.807, 2.05) is 12.1 Å². The van der Waals surface area contributed by atoms with E-state index in [0.717, 1.165) is 16.3 Å². The average molecular weight is 547 g/mol. The largest absolute Gasteiger partial charge is 0.356 e. The van der Waals surface area contributed by atoms with Gasteiger partial charge in [0.25, 0.3) is 0 Å². The maximum atomic E-state index is 5.90. The fourth-order valence-electron chi connectivity index (χ4n) is 2.41. The summed E-state index contributed by atoms with van der Waals surface area (Å²) in [5.41, 5.74) is 1.99. The van der Waals surface area contributed by atoms with E-state index in [9.17, 15) is 0 Å². The molecule has 0 amide bonds. The molecule has 0 spiro atoms. The summed E-state index contributed by atoms with van der Waals surface area (Å²) in [6, 6.07) is 7.34. The number of guanidine groups is 1. The van der Waals surface area contributed by atoms with Gasteiger partial charge in [0, 0.05) is 36.0 Å². The number of nitrogens with zero attached hydrogens (tertiary/aromatic N) is 4. The smallest absolute Gasteiger partial charge is 0.228 e. The first-order chi connectivity index (χ1) is 13.5. The van der Waals surface area contributed by atoms with Gasteiger partial charge in [-0.05, 0) is 30.2 Å². The van der Waals surface area contributed by atoms with Crippen molar-refractivity contribution in [3.8, 4) is 11.4 Å². The van der Waals surface area contributed by atoms with Crippen molar-refractivity contribution in [1.82, 2.24) is 25.8 Å². The Kier molecular flexibility index (Phi) is 9.31. The summed E-state index contributed by atoms with van der Waals surface area (Å²) in [5.74, 6) is 2.27. The maximum absolute atomic E-state index is 5.90. The lowest BCUT2D eigenvalue weighted by atomic mass is 10.2. The summed E-state index contributed by atoms with van der Waals surface area (Å²) >= 11 is 7.56. The summed E-state index contributed by atoms with van der Waals surface area (Å²) in [6.07, 6.45) is 0.593. The molecule has 2 N–H and O–H groups in total. The molecule has 3 rings (SSSR count). The highest BCUT2D eigenvalue weighted by Crippen LogP contribution is 2.19. The van der Waals surface area contributed by atoms with Crippen LogP contribution in [0.4, 0.5) is 0 Å². The molecule has 10 heteroatoms. The van der Waals surface area contributed by atoms with Crippen molar-refractivity contribution in [1.29, 1.82) is 0 Å². The number of rotatable bonds is 7. The van der Waals surface area contributed by atoms with Crippen LogP contribution in [-0.2, 0) is 13.0 Å². The van der Waals surface area contributed by atoms with Gasteiger partial charge in [-0.2, -0.15) is 4.98 Å². The van der Waals surface area contributed by atoms with Crippen LogP contribution in [0.15, 0.2) is 39.2 Å². The first-order valence-corrected chi connectivity index (χ1v) is 10.3. The molecule has 0 saturated carbocycles. The molecule has 2 aromatic heterocycles. The Hall–Kier alpha value is -1.72. The third-order valence-electron chi connectivity index (χ3n) is 3.99. The van der Waals surface area contributed by atoms with E-state index in [1.165, 1.54) is 0 Å². The molecule has 0 fully saturated rings. The predicted octanol–water partition coefficient (Wildman–Crippen LogP) is 4.50. The molecular formula is C19H24ClIN6OS. The summed E-state index contributed by atoms with van der Waals surface area (Å²) in [6.45, 7) is 5.54. The number of halogens is 2. The molecule has 2 heterocycles. The molecule has 3 aromatic rings. The van der Waals surface area contributed by atoms with Crippen molar-refractivity contribution in [2.45, 2.75) is 32.7 Å². The maximum Gasteiger partial charge on any atom is 0.228 e. The molecule has 0 aliphatic rings. The van der Waals surface area contributed by atoms with Crippen molar-refractivity contribution >= 4 is 52.9 Å². The average Bonchev–Trinajstić information content (AvgIpc) is 3.35. The number of aromatic nitrogens is 3. The minimum atomic E-state index is 0. The van der Waals surface area contributed by atoms with E-state index < -0.39 is 0 Å². The van der Waals surface area contributed by atoms with E-state index in [-0.39, 0.29) is 24.0 Å².